The molecule has 26 heavy (non-hydrogen) atoms. The second kappa shape index (κ2) is 11.3. The summed E-state index contributed by atoms with van der Waals surface area (Å²) in [4.78, 5) is 7.14. The van der Waals surface area contributed by atoms with Crippen LogP contribution in [0.15, 0.2) is 58.0 Å². The maximum Gasteiger partial charge on any atom is 0.191 e. The smallest absolute Gasteiger partial charge is 0.191 e. The molecule has 0 radical (unpaired) electrons. The van der Waals surface area contributed by atoms with Crippen molar-refractivity contribution in [3.8, 4) is 0 Å². The van der Waals surface area contributed by atoms with Crippen LogP contribution in [-0.2, 0) is 6.42 Å². The molecule has 1 fully saturated rings. The van der Waals surface area contributed by atoms with Crippen molar-refractivity contribution in [2.75, 3.05) is 31.1 Å². The van der Waals surface area contributed by atoms with Crippen LogP contribution >= 0.6 is 35.3 Å². The summed E-state index contributed by atoms with van der Waals surface area (Å²) in [6.45, 7) is 7.35. The summed E-state index contributed by atoms with van der Waals surface area (Å²) in [5.41, 5.74) is 0. The molecule has 1 saturated heterocycles. The van der Waals surface area contributed by atoms with E-state index < -0.39 is 0 Å². The standard InChI is InChI=1S/C19H26N4OS.HI/c1-2-10-20-19(21-11-7-17-5-3-14-24-17)22-16-8-12-23(13-9-16)18-6-4-15-25-18;/h2-6,14-16H,1,7-13H2,(H2,20,21,22);1H. The second-order valence-corrected chi connectivity index (χ2v) is 7.01. The van der Waals surface area contributed by atoms with Gasteiger partial charge in [-0.15, -0.1) is 41.9 Å². The Hall–Kier alpha value is -1.48. The van der Waals surface area contributed by atoms with Gasteiger partial charge in [-0.05, 0) is 42.5 Å². The van der Waals surface area contributed by atoms with E-state index in [0.717, 1.165) is 44.1 Å². The fourth-order valence-corrected chi connectivity index (χ4v) is 3.73. The number of aliphatic imine (C=N–C) groups is 1. The first kappa shape index (κ1) is 20.8. The highest BCUT2D eigenvalue weighted by atomic mass is 127. The maximum atomic E-state index is 5.36. The Morgan fingerprint density at radius 1 is 1.35 bits per heavy atom. The van der Waals surface area contributed by atoms with Gasteiger partial charge in [0.1, 0.15) is 5.76 Å². The number of halogens is 1. The van der Waals surface area contributed by atoms with Gasteiger partial charge < -0.3 is 20.0 Å². The van der Waals surface area contributed by atoms with Crippen molar-refractivity contribution < 1.29 is 4.42 Å². The van der Waals surface area contributed by atoms with Gasteiger partial charge in [-0.2, -0.15) is 0 Å². The highest BCUT2D eigenvalue weighted by Gasteiger charge is 2.20. The lowest BCUT2D eigenvalue weighted by atomic mass is 10.1. The first-order valence-electron chi connectivity index (χ1n) is 8.82. The third-order valence-corrected chi connectivity index (χ3v) is 5.20. The summed E-state index contributed by atoms with van der Waals surface area (Å²) in [7, 11) is 0. The van der Waals surface area contributed by atoms with Gasteiger partial charge in [0, 0.05) is 38.6 Å². The van der Waals surface area contributed by atoms with E-state index in [2.05, 4.69) is 44.6 Å². The number of anilines is 1. The van der Waals surface area contributed by atoms with Crippen molar-refractivity contribution in [3.05, 3.63) is 54.3 Å². The van der Waals surface area contributed by atoms with Crippen LogP contribution in [0.4, 0.5) is 5.00 Å². The zero-order valence-electron chi connectivity index (χ0n) is 14.9. The Morgan fingerprint density at radius 2 is 2.19 bits per heavy atom. The van der Waals surface area contributed by atoms with Gasteiger partial charge in [-0.3, -0.25) is 4.99 Å². The summed E-state index contributed by atoms with van der Waals surface area (Å²) in [6.07, 6.45) is 6.60. The first-order chi connectivity index (χ1) is 12.3. The van der Waals surface area contributed by atoms with E-state index in [9.17, 15) is 0 Å². The van der Waals surface area contributed by atoms with Crippen molar-refractivity contribution in [1.29, 1.82) is 0 Å². The van der Waals surface area contributed by atoms with Gasteiger partial charge in [0.25, 0.3) is 0 Å². The molecular weight excluding hydrogens is 459 g/mol. The highest BCUT2D eigenvalue weighted by molar-refractivity contribution is 14.0. The van der Waals surface area contributed by atoms with Crippen molar-refractivity contribution in [1.82, 2.24) is 10.6 Å². The zero-order valence-corrected chi connectivity index (χ0v) is 18.0. The Balaban J connectivity index is 0.00000243. The number of guanidine groups is 1. The molecule has 3 heterocycles. The van der Waals surface area contributed by atoms with Gasteiger partial charge in [-0.1, -0.05) is 6.08 Å². The molecule has 1 aliphatic heterocycles. The fraction of sp³-hybridized carbons (Fsp3) is 0.421. The summed E-state index contributed by atoms with van der Waals surface area (Å²) < 4.78 is 5.36. The first-order valence-corrected chi connectivity index (χ1v) is 9.69. The minimum Gasteiger partial charge on any atom is -0.469 e. The SMILES string of the molecule is C=CCNC(=NCCc1ccco1)NC1CCN(c2cccs2)CC1.I. The molecule has 0 aromatic carbocycles. The summed E-state index contributed by atoms with van der Waals surface area (Å²) >= 11 is 1.81. The van der Waals surface area contributed by atoms with Crippen LogP contribution < -0.4 is 15.5 Å². The molecule has 142 valence electrons. The molecule has 2 aromatic heterocycles. The minimum absolute atomic E-state index is 0. The van der Waals surface area contributed by atoms with Gasteiger partial charge in [-0.25, -0.2) is 0 Å². The molecule has 0 spiro atoms. The molecule has 2 aromatic rings. The van der Waals surface area contributed by atoms with Crippen molar-refractivity contribution in [2.24, 2.45) is 4.99 Å². The molecule has 3 rings (SSSR count). The molecule has 7 heteroatoms. The average Bonchev–Trinajstić information content (AvgIpc) is 3.34. The number of furan rings is 1. The monoisotopic (exact) mass is 486 g/mol. The van der Waals surface area contributed by atoms with E-state index >= 15 is 0 Å². The van der Waals surface area contributed by atoms with Gasteiger partial charge >= 0.3 is 0 Å². The van der Waals surface area contributed by atoms with Crippen molar-refractivity contribution >= 4 is 46.3 Å². The van der Waals surface area contributed by atoms with E-state index in [-0.39, 0.29) is 24.0 Å². The van der Waals surface area contributed by atoms with Gasteiger partial charge in [0.2, 0.25) is 0 Å². The third-order valence-electron chi connectivity index (χ3n) is 4.28. The average molecular weight is 486 g/mol. The molecule has 5 nitrogen and oxygen atoms in total. The van der Waals surface area contributed by atoms with Crippen LogP contribution in [0.1, 0.15) is 18.6 Å². The zero-order chi connectivity index (χ0) is 17.3. The van der Waals surface area contributed by atoms with Crippen LogP contribution in [-0.4, -0.2) is 38.2 Å². The van der Waals surface area contributed by atoms with Crippen LogP contribution in [0.2, 0.25) is 0 Å². The van der Waals surface area contributed by atoms with E-state index in [1.54, 1.807) is 6.26 Å². The third kappa shape index (κ3) is 6.35. The predicted molar refractivity (Wildman–Crippen MR) is 121 cm³/mol. The second-order valence-electron chi connectivity index (χ2n) is 6.09. The molecule has 0 unspecified atom stereocenters. The number of nitrogens with zero attached hydrogens (tertiary/aromatic N) is 2. The normalized spacial score (nSPS) is 15.4. The summed E-state index contributed by atoms with van der Waals surface area (Å²) in [5.74, 6) is 1.83. The Labute approximate surface area is 176 Å². The Kier molecular flexibility index (Phi) is 9.04. The van der Waals surface area contributed by atoms with E-state index in [1.165, 1.54) is 5.00 Å². The van der Waals surface area contributed by atoms with Gasteiger partial charge in [0.05, 0.1) is 11.3 Å². The largest absolute Gasteiger partial charge is 0.469 e. The molecule has 2 N–H and O–H groups in total. The predicted octanol–water partition coefficient (Wildman–Crippen LogP) is 3.89. The molecule has 0 atom stereocenters. The molecule has 0 aliphatic carbocycles. The number of piperidine rings is 1. The summed E-state index contributed by atoms with van der Waals surface area (Å²) in [6, 6.07) is 8.67. The lowest BCUT2D eigenvalue weighted by Gasteiger charge is -2.33. The quantitative estimate of drug-likeness (QED) is 0.270. The fourth-order valence-electron chi connectivity index (χ4n) is 2.94. The van der Waals surface area contributed by atoms with Gasteiger partial charge in [0.15, 0.2) is 5.96 Å². The summed E-state index contributed by atoms with van der Waals surface area (Å²) in [5, 5.41) is 10.4. The Bertz CT molecular complexity index is 649. The van der Waals surface area contributed by atoms with E-state index in [1.807, 2.05) is 29.5 Å². The van der Waals surface area contributed by atoms with Crippen LogP contribution in [0.25, 0.3) is 0 Å². The van der Waals surface area contributed by atoms with Crippen LogP contribution in [0, 0.1) is 0 Å². The lowest BCUT2D eigenvalue weighted by Crippen LogP contribution is -2.48. The molecule has 1 aliphatic rings. The number of thiophene rings is 1. The molecule has 0 amide bonds. The molecule has 0 saturated carbocycles. The topological polar surface area (TPSA) is 52.8 Å². The van der Waals surface area contributed by atoms with Crippen LogP contribution in [0.3, 0.4) is 0 Å². The number of hydrogen-bond acceptors (Lipinski definition) is 4. The minimum atomic E-state index is 0. The van der Waals surface area contributed by atoms with E-state index in [0.29, 0.717) is 19.1 Å². The number of rotatable bonds is 7. The van der Waals surface area contributed by atoms with Crippen molar-refractivity contribution in [2.45, 2.75) is 25.3 Å². The number of hydrogen-bond donors (Lipinski definition) is 2. The van der Waals surface area contributed by atoms with Crippen LogP contribution in [0.5, 0.6) is 0 Å². The molecular formula is C19H27IN4OS. The lowest BCUT2D eigenvalue weighted by molar-refractivity contribution is 0.463. The highest BCUT2D eigenvalue weighted by Crippen LogP contribution is 2.24. The maximum absolute atomic E-state index is 5.36. The Morgan fingerprint density at radius 3 is 2.85 bits per heavy atom. The van der Waals surface area contributed by atoms with Crippen molar-refractivity contribution in [3.63, 3.8) is 0 Å². The van der Waals surface area contributed by atoms with E-state index in [4.69, 9.17) is 4.42 Å². The number of nitrogens with one attached hydrogen (secondary N) is 2. The molecule has 0 bridgehead atoms.